The van der Waals surface area contributed by atoms with Gasteiger partial charge >= 0.3 is 6.18 Å². The molecule has 170 valence electrons. The van der Waals surface area contributed by atoms with Crippen LogP contribution in [-0.2, 0) is 21.0 Å². The van der Waals surface area contributed by atoms with Crippen molar-refractivity contribution in [1.29, 1.82) is 0 Å². The second-order valence-corrected chi connectivity index (χ2v) is 9.83. The molecular weight excluding hydrogens is 453 g/mol. The van der Waals surface area contributed by atoms with Gasteiger partial charge in [0.15, 0.2) is 10.8 Å². The van der Waals surface area contributed by atoms with Crippen molar-refractivity contribution in [3.8, 4) is 0 Å². The monoisotopic (exact) mass is 476 g/mol. The standard InChI is InChI=1S/C19H23F3N4O3S2/c1-18(2)16(27)26(13-8-9-15(24-3)14(12-13)19(20,21)22)17(30)25(18)10-6-4-5-7-11-31(23,28)29/h8-9,12H,4-7,10-11H2,1-2H3,(H2,23,28,29). The third-order valence-corrected chi connectivity index (χ3v) is 6.31. The maximum atomic E-state index is 13.3. The summed E-state index contributed by atoms with van der Waals surface area (Å²) in [6.07, 6.45) is -2.41. The first-order chi connectivity index (χ1) is 14.2. The molecule has 0 aliphatic carbocycles. The van der Waals surface area contributed by atoms with E-state index in [1.165, 1.54) is 6.07 Å². The minimum absolute atomic E-state index is 0.0431. The normalized spacial score (nSPS) is 16.7. The van der Waals surface area contributed by atoms with Gasteiger partial charge in [0.1, 0.15) is 5.54 Å². The number of alkyl halides is 3. The Labute approximate surface area is 184 Å². The predicted octanol–water partition coefficient (Wildman–Crippen LogP) is 3.82. The molecule has 1 aromatic rings. The van der Waals surface area contributed by atoms with Crippen molar-refractivity contribution in [3.05, 3.63) is 35.2 Å². The first-order valence-electron chi connectivity index (χ1n) is 9.45. The molecule has 0 aromatic heterocycles. The van der Waals surface area contributed by atoms with Crippen molar-refractivity contribution in [2.24, 2.45) is 5.14 Å². The van der Waals surface area contributed by atoms with Crippen molar-refractivity contribution >= 4 is 44.6 Å². The fourth-order valence-corrected chi connectivity index (χ4v) is 4.47. The lowest BCUT2D eigenvalue weighted by Gasteiger charge is -2.29. The second kappa shape index (κ2) is 9.10. The number of thiocarbonyl (C=S) groups is 1. The number of nitrogens with zero attached hydrogens (tertiary/aromatic N) is 3. The second-order valence-electron chi connectivity index (χ2n) is 7.73. The summed E-state index contributed by atoms with van der Waals surface area (Å²) in [5, 5.41) is 5.05. The summed E-state index contributed by atoms with van der Waals surface area (Å²) in [5.41, 5.74) is -2.78. The van der Waals surface area contributed by atoms with E-state index in [4.69, 9.17) is 23.9 Å². The molecule has 0 spiro atoms. The van der Waals surface area contributed by atoms with Crippen molar-refractivity contribution in [1.82, 2.24) is 4.90 Å². The summed E-state index contributed by atoms with van der Waals surface area (Å²) in [6, 6.07) is 3.08. The smallest absolute Gasteiger partial charge is 0.334 e. The van der Waals surface area contributed by atoms with Gasteiger partial charge in [-0.25, -0.2) is 18.4 Å². The van der Waals surface area contributed by atoms with Crippen LogP contribution in [0, 0.1) is 6.57 Å². The van der Waals surface area contributed by atoms with Crippen LogP contribution in [0.5, 0.6) is 0 Å². The molecule has 1 heterocycles. The lowest BCUT2D eigenvalue weighted by molar-refractivity contribution is -0.136. The summed E-state index contributed by atoms with van der Waals surface area (Å²) in [4.78, 5) is 18.6. The van der Waals surface area contributed by atoms with Gasteiger partial charge in [-0.15, -0.1) is 0 Å². The van der Waals surface area contributed by atoms with Gasteiger partial charge in [-0.1, -0.05) is 18.9 Å². The molecule has 2 rings (SSSR count). The van der Waals surface area contributed by atoms with E-state index >= 15 is 0 Å². The number of benzene rings is 1. The molecule has 0 saturated carbocycles. The van der Waals surface area contributed by atoms with Crippen LogP contribution < -0.4 is 10.0 Å². The molecule has 2 N–H and O–H groups in total. The SMILES string of the molecule is [C-]#[N+]c1ccc(N2C(=O)C(C)(C)N(CCCCCCS(N)(=O)=O)C2=S)cc1C(F)(F)F. The van der Waals surface area contributed by atoms with Crippen LogP contribution in [0.25, 0.3) is 4.85 Å². The Kier molecular flexibility index (Phi) is 7.35. The van der Waals surface area contributed by atoms with Gasteiger partial charge in [-0.05, 0) is 51.0 Å². The lowest BCUT2D eigenvalue weighted by atomic mass is 10.0. The fourth-order valence-electron chi connectivity index (χ4n) is 3.35. The zero-order chi connectivity index (χ0) is 23.6. The highest BCUT2D eigenvalue weighted by atomic mass is 32.2. The molecule has 1 aliphatic rings. The maximum absolute atomic E-state index is 13.3. The van der Waals surface area contributed by atoms with Gasteiger partial charge in [0.2, 0.25) is 10.0 Å². The van der Waals surface area contributed by atoms with E-state index in [1.807, 2.05) is 0 Å². The van der Waals surface area contributed by atoms with E-state index < -0.39 is 38.9 Å². The third-order valence-electron chi connectivity index (χ3n) is 5.05. The lowest BCUT2D eigenvalue weighted by Crippen LogP contribution is -2.44. The van der Waals surface area contributed by atoms with E-state index in [2.05, 4.69) is 4.85 Å². The summed E-state index contributed by atoms with van der Waals surface area (Å²) in [6.45, 7) is 10.6. The van der Waals surface area contributed by atoms with Gasteiger partial charge in [-0.3, -0.25) is 9.69 Å². The van der Waals surface area contributed by atoms with Crippen molar-refractivity contribution < 1.29 is 26.4 Å². The number of amides is 1. The van der Waals surface area contributed by atoms with Gasteiger partial charge < -0.3 is 4.90 Å². The number of rotatable bonds is 8. The van der Waals surface area contributed by atoms with Crippen LogP contribution in [0.2, 0.25) is 0 Å². The Morgan fingerprint density at radius 3 is 2.35 bits per heavy atom. The number of anilines is 1. The first-order valence-corrected chi connectivity index (χ1v) is 11.6. The van der Waals surface area contributed by atoms with E-state index in [1.54, 1.807) is 18.7 Å². The number of nitrogens with two attached hydrogens (primary N) is 1. The average molecular weight is 477 g/mol. The number of hydrogen-bond donors (Lipinski definition) is 1. The zero-order valence-electron chi connectivity index (χ0n) is 17.1. The molecule has 1 saturated heterocycles. The molecular formula is C19H23F3N4O3S2. The number of hydrogen-bond acceptors (Lipinski definition) is 4. The van der Waals surface area contributed by atoms with Crippen molar-refractivity contribution in [2.45, 2.75) is 51.2 Å². The highest BCUT2D eigenvalue weighted by Gasteiger charge is 2.49. The Morgan fingerprint density at radius 1 is 1.19 bits per heavy atom. The predicted molar refractivity (Wildman–Crippen MR) is 115 cm³/mol. The van der Waals surface area contributed by atoms with Crippen LogP contribution in [0.4, 0.5) is 24.5 Å². The summed E-state index contributed by atoms with van der Waals surface area (Å²) < 4.78 is 61.9. The van der Waals surface area contributed by atoms with Crippen LogP contribution in [0.15, 0.2) is 18.2 Å². The van der Waals surface area contributed by atoms with Crippen LogP contribution in [0.3, 0.4) is 0 Å². The molecule has 1 aromatic carbocycles. The highest BCUT2D eigenvalue weighted by molar-refractivity contribution is 7.89. The Hall–Kier alpha value is -2.23. The largest absolute Gasteiger partial charge is 0.407 e. The summed E-state index contributed by atoms with van der Waals surface area (Å²) >= 11 is 5.41. The number of sulfonamides is 1. The summed E-state index contributed by atoms with van der Waals surface area (Å²) in [5.74, 6) is -0.565. The van der Waals surface area contributed by atoms with Gasteiger partial charge in [-0.2, -0.15) is 13.2 Å². The maximum Gasteiger partial charge on any atom is 0.407 e. The van der Waals surface area contributed by atoms with E-state index in [0.29, 0.717) is 32.2 Å². The van der Waals surface area contributed by atoms with Gasteiger partial charge in [0.05, 0.1) is 17.9 Å². The third kappa shape index (κ3) is 5.72. The number of unbranched alkanes of at least 4 members (excludes halogenated alkanes) is 3. The van der Waals surface area contributed by atoms with Gasteiger partial charge in [0, 0.05) is 12.2 Å². The Morgan fingerprint density at radius 2 is 1.81 bits per heavy atom. The molecule has 0 radical (unpaired) electrons. The van der Waals surface area contributed by atoms with Gasteiger partial charge in [0.25, 0.3) is 5.91 Å². The molecule has 1 amide bonds. The number of carbonyl (C=O) groups is 1. The minimum Gasteiger partial charge on any atom is -0.334 e. The Bertz CT molecular complexity index is 1020. The van der Waals surface area contributed by atoms with E-state index in [9.17, 15) is 26.4 Å². The van der Waals surface area contributed by atoms with Crippen molar-refractivity contribution in [3.63, 3.8) is 0 Å². The topological polar surface area (TPSA) is 88.1 Å². The number of primary sulfonamides is 1. The van der Waals surface area contributed by atoms with E-state index in [0.717, 1.165) is 17.0 Å². The highest BCUT2D eigenvalue weighted by Crippen LogP contribution is 2.40. The zero-order valence-corrected chi connectivity index (χ0v) is 18.7. The van der Waals surface area contributed by atoms with Crippen LogP contribution in [0.1, 0.15) is 45.1 Å². The molecule has 0 atom stereocenters. The van der Waals surface area contributed by atoms with Crippen LogP contribution in [-0.4, -0.2) is 42.2 Å². The van der Waals surface area contributed by atoms with Crippen LogP contribution >= 0.6 is 12.2 Å². The molecule has 31 heavy (non-hydrogen) atoms. The molecule has 0 bridgehead atoms. The molecule has 0 unspecified atom stereocenters. The average Bonchev–Trinajstić information content (AvgIpc) is 2.81. The number of halogens is 3. The first kappa shape index (κ1) is 25.0. The van der Waals surface area contributed by atoms with Crippen molar-refractivity contribution in [2.75, 3.05) is 17.2 Å². The molecule has 1 aliphatic heterocycles. The number of carbonyl (C=O) groups excluding carboxylic acids is 1. The Balaban J connectivity index is 2.17. The quantitative estimate of drug-likeness (QED) is 0.350. The molecule has 1 fully saturated rings. The molecule has 7 nitrogen and oxygen atoms in total. The fraction of sp³-hybridized carbons (Fsp3) is 0.526. The van der Waals surface area contributed by atoms with E-state index in [-0.39, 0.29) is 16.6 Å². The summed E-state index contributed by atoms with van der Waals surface area (Å²) in [7, 11) is -3.50. The molecule has 12 heteroatoms. The minimum atomic E-state index is -4.74.